The zero-order valence-corrected chi connectivity index (χ0v) is 14.5. The maximum absolute atomic E-state index is 9.81. The summed E-state index contributed by atoms with van der Waals surface area (Å²) in [6.45, 7) is 9.52. The maximum Gasteiger partial charge on any atom is 0.135 e. The van der Waals surface area contributed by atoms with E-state index < -0.39 is 0 Å². The van der Waals surface area contributed by atoms with E-state index in [1.165, 1.54) is 17.5 Å². The zero-order valence-electron chi connectivity index (χ0n) is 14.5. The molecule has 0 aliphatic heterocycles. The van der Waals surface area contributed by atoms with Crippen molar-refractivity contribution in [1.82, 2.24) is 0 Å². The highest BCUT2D eigenvalue weighted by Crippen LogP contribution is 2.55. The molecular formula is C22H24O2. The molecule has 0 saturated heterocycles. The fourth-order valence-electron chi connectivity index (χ4n) is 3.46. The van der Waals surface area contributed by atoms with Crippen molar-refractivity contribution in [3.8, 4) is 0 Å². The standard InChI is InChI=1S/C20H18O2.C2H6/c1-12(21)20-13(2)22-19-9-8-15(10-18(19)20)17-11-16(17)14-6-4-3-5-7-14;1-2/h3-10,16-17,21H,1,11H2,2H3;1-2H3. The van der Waals surface area contributed by atoms with Crippen LogP contribution in [0.15, 0.2) is 59.5 Å². The van der Waals surface area contributed by atoms with E-state index in [-0.39, 0.29) is 5.76 Å². The summed E-state index contributed by atoms with van der Waals surface area (Å²) in [5.74, 6) is 1.95. The topological polar surface area (TPSA) is 33.4 Å². The van der Waals surface area contributed by atoms with Crippen LogP contribution in [0.25, 0.3) is 16.7 Å². The number of aliphatic hydroxyl groups excluding tert-OH is 1. The largest absolute Gasteiger partial charge is 0.508 e. The molecule has 2 atom stereocenters. The van der Waals surface area contributed by atoms with Crippen molar-refractivity contribution >= 4 is 16.7 Å². The van der Waals surface area contributed by atoms with Crippen LogP contribution < -0.4 is 0 Å². The van der Waals surface area contributed by atoms with Gasteiger partial charge in [0.15, 0.2) is 0 Å². The number of hydrogen-bond acceptors (Lipinski definition) is 2. The van der Waals surface area contributed by atoms with Crippen LogP contribution in [0.1, 0.15) is 54.6 Å². The lowest BCUT2D eigenvalue weighted by molar-refractivity contribution is 0.507. The molecular weight excluding hydrogens is 296 g/mol. The molecule has 0 radical (unpaired) electrons. The summed E-state index contributed by atoms with van der Waals surface area (Å²) in [5, 5.41) is 10.8. The van der Waals surface area contributed by atoms with Gasteiger partial charge in [-0.05, 0) is 48.4 Å². The van der Waals surface area contributed by atoms with E-state index >= 15 is 0 Å². The first-order chi connectivity index (χ1) is 11.6. The number of aliphatic hydroxyl groups is 1. The van der Waals surface area contributed by atoms with Gasteiger partial charge >= 0.3 is 0 Å². The average molecular weight is 320 g/mol. The number of fused-ring (bicyclic) bond motifs is 1. The van der Waals surface area contributed by atoms with Crippen molar-refractivity contribution in [2.75, 3.05) is 0 Å². The zero-order chi connectivity index (χ0) is 17.3. The molecule has 0 spiro atoms. The predicted octanol–water partition coefficient (Wildman–Crippen LogP) is 6.57. The monoisotopic (exact) mass is 320 g/mol. The minimum absolute atomic E-state index is 0.0730. The molecule has 3 aromatic rings. The smallest absolute Gasteiger partial charge is 0.135 e. The molecule has 2 heteroatoms. The Balaban J connectivity index is 0.000000815. The Morgan fingerprint density at radius 2 is 1.71 bits per heavy atom. The molecule has 0 bridgehead atoms. The average Bonchev–Trinajstić information content (AvgIpc) is 3.33. The molecule has 24 heavy (non-hydrogen) atoms. The van der Waals surface area contributed by atoms with Crippen molar-refractivity contribution in [3.05, 3.63) is 77.6 Å². The van der Waals surface area contributed by atoms with Gasteiger partial charge in [-0.25, -0.2) is 0 Å². The highest BCUT2D eigenvalue weighted by molar-refractivity contribution is 5.91. The summed E-state index contributed by atoms with van der Waals surface area (Å²) in [7, 11) is 0. The molecule has 2 nitrogen and oxygen atoms in total. The molecule has 4 rings (SSSR count). The van der Waals surface area contributed by atoms with Gasteiger partial charge in [0.1, 0.15) is 17.1 Å². The second-order valence-electron chi connectivity index (χ2n) is 6.09. The van der Waals surface area contributed by atoms with Gasteiger partial charge in [0, 0.05) is 5.39 Å². The Bertz CT molecular complexity index is 858. The predicted molar refractivity (Wildman–Crippen MR) is 101 cm³/mol. The summed E-state index contributed by atoms with van der Waals surface area (Å²) in [4.78, 5) is 0. The molecule has 1 N–H and O–H groups in total. The third kappa shape index (κ3) is 2.84. The third-order valence-corrected chi connectivity index (χ3v) is 4.62. The van der Waals surface area contributed by atoms with E-state index in [0.717, 1.165) is 22.3 Å². The van der Waals surface area contributed by atoms with Crippen LogP contribution in [0.2, 0.25) is 0 Å². The summed E-state index contributed by atoms with van der Waals surface area (Å²) >= 11 is 0. The van der Waals surface area contributed by atoms with Crippen LogP contribution >= 0.6 is 0 Å². The Labute approximate surface area is 143 Å². The first-order valence-corrected chi connectivity index (χ1v) is 8.61. The van der Waals surface area contributed by atoms with Crippen LogP contribution in [0.3, 0.4) is 0 Å². The summed E-state index contributed by atoms with van der Waals surface area (Å²) < 4.78 is 5.71. The normalized spacial score (nSPS) is 18.8. The van der Waals surface area contributed by atoms with Gasteiger partial charge in [-0.1, -0.05) is 56.8 Å². The van der Waals surface area contributed by atoms with Gasteiger partial charge in [-0.3, -0.25) is 0 Å². The number of hydrogen-bond donors (Lipinski definition) is 1. The second-order valence-corrected chi connectivity index (χ2v) is 6.09. The van der Waals surface area contributed by atoms with Gasteiger partial charge in [-0.15, -0.1) is 0 Å². The number of benzene rings is 2. The van der Waals surface area contributed by atoms with Crippen molar-refractivity contribution in [2.24, 2.45) is 0 Å². The number of aryl methyl sites for hydroxylation is 1. The first-order valence-electron chi connectivity index (χ1n) is 8.61. The van der Waals surface area contributed by atoms with Crippen LogP contribution in [0.4, 0.5) is 0 Å². The molecule has 2 unspecified atom stereocenters. The fraction of sp³-hybridized carbons (Fsp3) is 0.273. The van der Waals surface area contributed by atoms with Crippen molar-refractivity contribution < 1.29 is 9.52 Å². The van der Waals surface area contributed by atoms with E-state index in [1.807, 2.05) is 26.8 Å². The lowest BCUT2D eigenvalue weighted by atomic mass is 10.0. The Kier molecular flexibility index (Phi) is 4.48. The van der Waals surface area contributed by atoms with Gasteiger partial charge in [0.05, 0.1) is 5.56 Å². The van der Waals surface area contributed by atoms with E-state index in [2.05, 4.69) is 49.0 Å². The minimum atomic E-state index is 0.0730. The molecule has 124 valence electrons. The Hall–Kier alpha value is -2.48. The van der Waals surface area contributed by atoms with E-state index in [0.29, 0.717) is 11.8 Å². The number of furan rings is 1. The SMILES string of the molecule is C=C(O)c1c(C)oc2ccc(C3CC3c3ccccc3)cc12.CC. The molecule has 1 heterocycles. The van der Waals surface area contributed by atoms with E-state index in [9.17, 15) is 5.11 Å². The highest BCUT2D eigenvalue weighted by atomic mass is 16.3. The summed E-state index contributed by atoms with van der Waals surface area (Å²) in [6.07, 6.45) is 1.18. The van der Waals surface area contributed by atoms with Crippen LogP contribution in [0, 0.1) is 6.92 Å². The van der Waals surface area contributed by atoms with Crippen LogP contribution in [0.5, 0.6) is 0 Å². The van der Waals surface area contributed by atoms with Gasteiger partial charge in [-0.2, -0.15) is 0 Å². The van der Waals surface area contributed by atoms with Crippen molar-refractivity contribution in [1.29, 1.82) is 0 Å². The maximum atomic E-state index is 9.81. The summed E-state index contributed by atoms with van der Waals surface area (Å²) in [6, 6.07) is 16.9. The summed E-state index contributed by atoms with van der Waals surface area (Å²) in [5.41, 5.74) is 4.25. The molecule has 2 aromatic carbocycles. The Morgan fingerprint density at radius 3 is 2.38 bits per heavy atom. The molecule has 1 fully saturated rings. The van der Waals surface area contributed by atoms with E-state index in [1.54, 1.807) is 0 Å². The molecule has 1 aliphatic rings. The van der Waals surface area contributed by atoms with Crippen LogP contribution in [-0.4, -0.2) is 5.11 Å². The van der Waals surface area contributed by atoms with Crippen LogP contribution in [-0.2, 0) is 0 Å². The minimum Gasteiger partial charge on any atom is -0.508 e. The Morgan fingerprint density at radius 1 is 1.04 bits per heavy atom. The van der Waals surface area contributed by atoms with E-state index in [4.69, 9.17) is 4.42 Å². The van der Waals surface area contributed by atoms with Crippen molar-refractivity contribution in [2.45, 2.75) is 39.0 Å². The molecule has 1 aromatic heterocycles. The highest BCUT2D eigenvalue weighted by Gasteiger charge is 2.39. The fourth-order valence-corrected chi connectivity index (χ4v) is 3.46. The second kappa shape index (κ2) is 6.56. The third-order valence-electron chi connectivity index (χ3n) is 4.62. The van der Waals surface area contributed by atoms with Gasteiger partial charge in [0.25, 0.3) is 0 Å². The molecule has 0 amide bonds. The van der Waals surface area contributed by atoms with Gasteiger partial charge in [0.2, 0.25) is 0 Å². The number of rotatable bonds is 3. The molecule has 1 aliphatic carbocycles. The molecule has 1 saturated carbocycles. The van der Waals surface area contributed by atoms with Crippen molar-refractivity contribution in [3.63, 3.8) is 0 Å². The first kappa shape index (κ1) is 16.4. The quantitative estimate of drug-likeness (QED) is 0.554. The van der Waals surface area contributed by atoms with Gasteiger partial charge < -0.3 is 9.52 Å². The lowest BCUT2D eigenvalue weighted by Gasteiger charge is -2.03. The lowest BCUT2D eigenvalue weighted by Crippen LogP contribution is -1.86.